The molecule has 3 aromatic rings. The Morgan fingerprint density at radius 1 is 1.16 bits per heavy atom. The van der Waals surface area contributed by atoms with E-state index in [1.54, 1.807) is 35.1 Å². The zero-order valence-electron chi connectivity index (χ0n) is 31.3. The number of nitrogens with zero attached hydrogens (tertiary/aromatic N) is 5. The maximum Gasteiger partial charge on any atom is 0.320 e. The van der Waals surface area contributed by atoms with Crippen molar-refractivity contribution in [2.75, 3.05) is 40.5 Å². The van der Waals surface area contributed by atoms with Crippen LogP contribution in [-0.4, -0.2) is 93.5 Å². The molecular formula is C41H44F3N5O6S. The first-order chi connectivity index (χ1) is 26.9. The van der Waals surface area contributed by atoms with Gasteiger partial charge < -0.3 is 24.2 Å². The van der Waals surface area contributed by atoms with Crippen molar-refractivity contribution in [2.45, 2.75) is 54.4 Å². The standard InChI is InChI=1S/C41H44F3N5O6S/c1-4-29(22-49-27-46-26-47-49)33-10-7-17-40(39(51)52,34-16-15-31(42)20-36(34)44)41(33,25-55-37(50)11-8-18-48(2)3)56-32-23-53-38(54-24-32)12-6-5-9-30-14-13-28(21-45)19-35(30)43/h5-7,9-10,12-17,19-20,26-27,29,32,38H,4,8,11,18,22-25H2,1-3H3,(H,51,52)/t29?,32?,38?,40-,41-/m1/s1. The van der Waals surface area contributed by atoms with Crippen LogP contribution in [0.1, 0.15) is 42.9 Å². The lowest BCUT2D eigenvalue weighted by Gasteiger charge is -2.52. The Morgan fingerprint density at radius 3 is 2.59 bits per heavy atom. The Kier molecular flexibility index (Phi) is 14.5. The molecule has 2 aliphatic rings. The molecule has 1 unspecified atom stereocenters. The summed E-state index contributed by atoms with van der Waals surface area (Å²) in [6.07, 6.45) is 14.3. The number of thioether (sulfide) groups is 1. The number of esters is 1. The average Bonchev–Trinajstić information content (AvgIpc) is 3.69. The maximum atomic E-state index is 16.1. The van der Waals surface area contributed by atoms with Gasteiger partial charge >= 0.3 is 11.9 Å². The molecule has 1 fully saturated rings. The van der Waals surface area contributed by atoms with E-state index in [2.05, 4.69) is 10.1 Å². The maximum absolute atomic E-state index is 16.1. The molecular weight excluding hydrogens is 748 g/mol. The molecule has 0 bridgehead atoms. The van der Waals surface area contributed by atoms with Crippen molar-refractivity contribution in [2.24, 2.45) is 5.92 Å². The van der Waals surface area contributed by atoms with E-state index in [-0.39, 0.29) is 37.3 Å². The van der Waals surface area contributed by atoms with Crippen LogP contribution in [0.3, 0.4) is 0 Å². The minimum Gasteiger partial charge on any atom is -0.480 e. The Bertz CT molecular complexity index is 2010. The number of hydrogen-bond donors (Lipinski definition) is 1. The van der Waals surface area contributed by atoms with Gasteiger partial charge in [0.05, 0.1) is 34.8 Å². The number of benzene rings is 2. The van der Waals surface area contributed by atoms with Gasteiger partial charge in [-0.25, -0.2) is 18.2 Å². The average molecular weight is 792 g/mol. The van der Waals surface area contributed by atoms with E-state index in [1.165, 1.54) is 36.9 Å². The van der Waals surface area contributed by atoms with E-state index >= 15 is 4.39 Å². The van der Waals surface area contributed by atoms with Gasteiger partial charge in [0, 0.05) is 36.1 Å². The Hall–Kier alpha value is -5.01. The van der Waals surface area contributed by atoms with Crippen LogP contribution in [0, 0.1) is 34.7 Å². The third kappa shape index (κ3) is 9.67. The van der Waals surface area contributed by atoms with Crippen molar-refractivity contribution >= 4 is 29.8 Å². The molecule has 15 heteroatoms. The van der Waals surface area contributed by atoms with Gasteiger partial charge in [0.2, 0.25) is 0 Å². The number of hydrogen-bond acceptors (Lipinski definition) is 10. The number of allylic oxidation sites excluding steroid dienone is 4. The van der Waals surface area contributed by atoms with E-state index < -0.39 is 63.6 Å². The molecule has 0 radical (unpaired) electrons. The molecule has 1 aliphatic carbocycles. The van der Waals surface area contributed by atoms with Gasteiger partial charge in [-0.15, -0.1) is 11.8 Å². The van der Waals surface area contributed by atoms with Crippen molar-refractivity contribution < 1.29 is 42.1 Å². The molecule has 3 atom stereocenters. The van der Waals surface area contributed by atoms with Crippen LogP contribution in [-0.2, 0) is 35.8 Å². The van der Waals surface area contributed by atoms with Crippen LogP contribution >= 0.6 is 11.8 Å². The first kappa shape index (κ1) is 42.1. The molecule has 1 saturated heterocycles. The lowest BCUT2D eigenvalue weighted by atomic mass is 9.62. The van der Waals surface area contributed by atoms with E-state index in [9.17, 15) is 23.5 Å². The lowest BCUT2D eigenvalue weighted by Crippen LogP contribution is -2.61. The summed E-state index contributed by atoms with van der Waals surface area (Å²) in [7, 11) is 3.76. The smallest absolute Gasteiger partial charge is 0.320 e. The first-order valence-electron chi connectivity index (χ1n) is 18.1. The van der Waals surface area contributed by atoms with Crippen molar-refractivity contribution in [3.8, 4) is 6.07 Å². The van der Waals surface area contributed by atoms with Gasteiger partial charge in [0.25, 0.3) is 0 Å². The van der Waals surface area contributed by atoms with Crippen LogP contribution in [0.4, 0.5) is 13.2 Å². The van der Waals surface area contributed by atoms with Gasteiger partial charge in [-0.2, -0.15) is 10.4 Å². The highest BCUT2D eigenvalue weighted by Crippen LogP contribution is 2.57. The van der Waals surface area contributed by atoms with Crippen molar-refractivity contribution in [1.29, 1.82) is 5.26 Å². The number of halogens is 3. The number of aromatic nitrogens is 3. The first-order valence-corrected chi connectivity index (χ1v) is 19.0. The zero-order valence-corrected chi connectivity index (χ0v) is 32.1. The Morgan fingerprint density at radius 2 is 1.95 bits per heavy atom. The molecule has 0 saturated carbocycles. The van der Waals surface area contributed by atoms with Crippen molar-refractivity contribution in [3.63, 3.8) is 0 Å². The number of ether oxygens (including phenoxy) is 3. The summed E-state index contributed by atoms with van der Waals surface area (Å²) in [5.74, 6) is -4.88. The van der Waals surface area contributed by atoms with Crippen LogP contribution in [0.5, 0.6) is 0 Å². The van der Waals surface area contributed by atoms with Gasteiger partial charge in [0.15, 0.2) is 6.29 Å². The third-order valence-corrected chi connectivity index (χ3v) is 11.4. The van der Waals surface area contributed by atoms with Crippen LogP contribution in [0.15, 0.2) is 91.1 Å². The highest BCUT2D eigenvalue weighted by Gasteiger charge is 2.63. The fourth-order valence-electron chi connectivity index (χ4n) is 6.93. The molecule has 296 valence electrons. The highest BCUT2D eigenvalue weighted by molar-refractivity contribution is 8.01. The minimum absolute atomic E-state index is 0.0601. The summed E-state index contributed by atoms with van der Waals surface area (Å²) in [4.78, 5) is 33.3. The third-order valence-electron chi connectivity index (χ3n) is 9.69. The van der Waals surface area contributed by atoms with E-state index in [1.807, 2.05) is 32.0 Å². The minimum atomic E-state index is -2.21. The lowest BCUT2D eigenvalue weighted by molar-refractivity contribution is -0.150. The molecule has 56 heavy (non-hydrogen) atoms. The van der Waals surface area contributed by atoms with Crippen LogP contribution in [0.25, 0.3) is 6.08 Å². The van der Waals surface area contributed by atoms with Gasteiger partial charge in [0.1, 0.15) is 42.1 Å². The summed E-state index contributed by atoms with van der Waals surface area (Å²) in [5.41, 5.74) is -1.45. The van der Waals surface area contributed by atoms with E-state index in [0.29, 0.717) is 36.6 Å². The molecule has 11 nitrogen and oxygen atoms in total. The van der Waals surface area contributed by atoms with Crippen LogP contribution in [0.2, 0.25) is 0 Å². The van der Waals surface area contributed by atoms with Crippen molar-refractivity contribution in [3.05, 3.63) is 125 Å². The number of aliphatic carboxylic acids is 1. The van der Waals surface area contributed by atoms with Gasteiger partial charge in [-0.1, -0.05) is 55.5 Å². The van der Waals surface area contributed by atoms with Crippen molar-refractivity contribution in [1.82, 2.24) is 19.7 Å². The van der Waals surface area contributed by atoms with E-state index in [4.69, 9.17) is 19.5 Å². The fourth-order valence-corrected chi connectivity index (χ4v) is 8.74. The normalized spacial score (nSPS) is 23.0. The summed E-state index contributed by atoms with van der Waals surface area (Å²) >= 11 is 1.16. The van der Waals surface area contributed by atoms with E-state index in [0.717, 1.165) is 30.0 Å². The van der Waals surface area contributed by atoms with Gasteiger partial charge in [-0.05, 0) is 63.3 Å². The predicted molar refractivity (Wildman–Crippen MR) is 205 cm³/mol. The molecule has 1 N–H and O–H groups in total. The second kappa shape index (κ2) is 19.2. The second-order valence-corrected chi connectivity index (χ2v) is 15.3. The topological polar surface area (TPSA) is 140 Å². The molecule has 0 spiro atoms. The number of carbonyl (C=O) groups excluding carboxylic acids is 1. The largest absolute Gasteiger partial charge is 0.480 e. The summed E-state index contributed by atoms with van der Waals surface area (Å²) < 4.78 is 62.8. The molecule has 2 heterocycles. The number of carboxylic acid groups (broad SMARTS) is 1. The van der Waals surface area contributed by atoms with Crippen LogP contribution < -0.4 is 0 Å². The number of carboxylic acids is 1. The molecule has 2 aromatic carbocycles. The molecule has 0 amide bonds. The summed E-state index contributed by atoms with van der Waals surface area (Å²) in [6, 6.07) is 8.84. The summed E-state index contributed by atoms with van der Waals surface area (Å²) in [6.45, 7) is 2.48. The number of rotatable bonds is 17. The number of carbonyl (C=O) groups is 2. The number of nitriles is 1. The molecule has 5 rings (SSSR count). The predicted octanol–water partition coefficient (Wildman–Crippen LogP) is 6.48. The summed E-state index contributed by atoms with van der Waals surface area (Å²) in [5, 5.41) is 24.0. The second-order valence-electron chi connectivity index (χ2n) is 13.7. The molecule has 1 aromatic heterocycles. The van der Waals surface area contributed by atoms with Gasteiger partial charge in [-0.3, -0.25) is 14.3 Å². The monoisotopic (exact) mass is 791 g/mol. The SMILES string of the molecule is CCC(Cn1cncn1)C1=CC=C[C@](C(=O)O)(c2ccc(F)cc2F)[C@]1(COC(=O)CCCN(C)C)SC1COC(C=CC=Cc2ccc(C#N)cc2F)OC1. The molecule has 1 aliphatic heterocycles. The fraction of sp³-hybridized carbons (Fsp3) is 0.390. The Labute approximate surface area is 328 Å². The highest BCUT2D eigenvalue weighted by atomic mass is 32.2. The Balaban J connectivity index is 1.51. The zero-order chi connectivity index (χ0) is 40.3. The quantitative estimate of drug-likeness (QED) is 0.119.